The molecule has 0 aromatic heterocycles. The van der Waals surface area contributed by atoms with E-state index in [1.165, 1.54) is 17.5 Å². The van der Waals surface area contributed by atoms with Crippen molar-refractivity contribution in [2.45, 2.75) is 19.3 Å². The summed E-state index contributed by atoms with van der Waals surface area (Å²) in [7, 11) is 2.13. The molecule has 0 fully saturated rings. The predicted octanol–water partition coefficient (Wildman–Crippen LogP) is 2.93. The minimum Gasteiger partial charge on any atom is -0.381 e. The summed E-state index contributed by atoms with van der Waals surface area (Å²) in [6, 6.07) is 8.83. The second-order valence-corrected chi connectivity index (χ2v) is 4.13. The zero-order valence-corrected chi connectivity index (χ0v) is 8.90. The third-order valence-corrected chi connectivity index (χ3v) is 2.84. The zero-order valence-electron chi connectivity index (χ0n) is 8.90. The summed E-state index contributed by atoms with van der Waals surface area (Å²) >= 11 is 0. The Morgan fingerprint density at radius 3 is 2.86 bits per heavy atom. The van der Waals surface area contributed by atoms with Crippen LogP contribution in [0.5, 0.6) is 0 Å². The molecule has 1 unspecified atom stereocenters. The topological polar surface area (TPSA) is 3.24 Å². The highest BCUT2D eigenvalue weighted by atomic mass is 15.1. The Labute approximate surface area is 86.1 Å². The van der Waals surface area contributed by atoms with Crippen molar-refractivity contribution in [1.29, 1.82) is 0 Å². The van der Waals surface area contributed by atoms with Crippen LogP contribution >= 0.6 is 0 Å². The van der Waals surface area contributed by atoms with Crippen molar-refractivity contribution in [2.24, 2.45) is 0 Å². The summed E-state index contributed by atoms with van der Waals surface area (Å²) in [5, 5.41) is 0. The maximum absolute atomic E-state index is 2.30. The fourth-order valence-electron chi connectivity index (χ4n) is 1.94. The first-order valence-electron chi connectivity index (χ1n) is 5.21. The number of hydrogen-bond donors (Lipinski definition) is 0. The monoisotopic (exact) mass is 187 g/mol. The maximum atomic E-state index is 2.30. The molecule has 0 aliphatic carbocycles. The van der Waals surface area contributed by atoms with Crippen molar-refractivity contribution in [3.8, 4) is 0 Å². The van der Waals surface area contributed by atoms with Gasteiger partial charge in [-0.25, -0.2) is 0 Å². The lowest BCUT2D eigenvalue weighted by Gasteiger charge is -2.24. The van der Waals surface area contributed by atoms with Crippen LogP contribution in [-0.4, -0.2) is 18.5 Å². The second-order valence-electron chi connectivity index (χ2n) is 4.13. The molecule has 0 N–H and O–H groups in total. The Hall–Kier alpha value is -1.24. The van der Waals surface area contributed by atoms with Crippen LogP contribution < -0.4 is 0 Å². The van der Waals surface area contributed by atoms with E-state index in [2.05, 4.69) is 55.4 Å². The van der Waals surface area contributed by atoms with E-state index in [1.54, 1.807) is 0 Å². The molecular formula is C13H17N. The van der Waals surface area contributed by atoms with Gasteiger partial charge in [-0.2, -0.15) is 0 Å². The lowest BCUT2D eigenvalue weighted by Crippen LogP contribution is -2.19. The van der Waals surface area contributed by atoms with Gasteiger partial charge in [-0.3, -0.25) is 0 Å². The van der Waals surface area contributed by atoms with Gasteiger partial charge in [-0.1, -0.05) is 35.9 Å². The summed E-state index contributed by atoms with van der Waals surface area (Å²) in [5.74, 6) is 0.617. The molecule has 0 amide bonds. The molecular weight excluding hydrogens is 170 g/mol. The molecule has 0 bridgehead atoms. The Morgan fingerprint density at radius 1 is 1.36 bits per heavy atom. The SMILES string of the molecule is Cc1cccc(C2C=CN(C)CC2)c1. The number of nitrogens with zero attached hydrogens (tertiary/aromatic N) is 1. The van der Waals surface area contributed by atoms with E-state index in [1.807, 2.05) is 0 Å². The van der Waals surface area contributed by atoms with Crippen molar-refractivity contribution >= 4 is 0 Å². The molecule has 1 heterocycles. The lowest BCUT2D eigenvalue weighted by molar-refractivity contribution is 0.409. The molecule has 2 rings (SSSR count). The highest BCUT2D eigenvalue weighted by Gasteiger charge is 2.12. The van der Waals surface area contributed by atoms with Crippen LogP contribution in [0.4, 0.5) is 0 Å². The van der Waals surface area contributed by atoms with Gasteiger partial charge in [0.1, 0.15) is 0 Å². The molecule has 74 valence electrons. The van der Waals surface area contributed by atoms with Crippen LogP contribution in [0.2, 0.25) is 0 Å². The largest absolute Gasteiger partial charge is 0.381 e. The molecule has 1 atom stereocenters. The number of benzene rings is 1. The van der Waals surface area contributed by atoms with Gasteiger partial charge >= 0.3 is 0 Å². The van der Waals surface area contributed by atoms with E-state index in [0.717, 1.165) is 6.54 Å². The van der Waals surface area contributed by atoms with Crippen molar-refractivity contribution in [1.82, 2.24) is 4.90 Å². The molecule has 0 saturated heterocycles. The van der Waals surface area contributed by atoms with Gasteiger partial charge < -0.3 is 4.90 Å². The first-order valence-corrected chi connectivity index (χ1v) is 5.21. The average molecular weight is 187 g/mol. The molecule has 1 aromatic carbocycles. The van der Waals surface area contributed by atoms with E-state index >= 15 is 0 Å². The summed E-state index contributed by atoms with van der Waals surface area (Å²) in [6.07, 6.45) is 5.73. The van der Waals surface area contributed by atoms with Crippen LogP contribution in [0.1, 0.15) is 23.5 Å². The smallest absolute Gasteiger partial charge is 0.0178 e. The molecule has 1 aromatic rings. The summed E-state index contributed by atoms with van der Waals surface area (Å²) < 4.78 is 0. The van der Waals surface area contributed by atoms with E-state index in [4.69, 9.17) is 0 Å². The van der Waals surface area contributed by atoms with Crippen LogP contribution in [0.3, 0.4) is 0 Å². The van der Waals surface area contributed by atoms with E-state index in [-0.39, 0.29) is 0 Å². The van der Waals surface area contributed by atoms with Gasteiger partial charge in [-0.05, 0) is 25.1 Å². The van der Waals surface area contributed by atoms with Crippen LogP contribution in [0.15, 0.2) is 36.5 Å². The second kappa shape index (κ2) is 3.87. The third kappa shape index (κ3) is 1.98. The fraction of sp³-hybridized carbons (Fsp3) is 0.385. The van der Waals surface area contributed by atoms with Gasteiger partial charge in [0.2, 0.25) is 0 Å². The highest BCUT2D eigenvalue weighted by Crippen LogP contribution is 2.25. The average Bonchev–Trinajstić information content (AvgIpc) is 2.19. The van der Waals surface area contributed by atoms with Crippen molar-refractivity contribution in [3.63, 3.8) is 0 Å². The quantitative estimate of drug-likeness (QED) is 0.653. The Balaban J connectivity index is 2.20. The Bertz CT molecular complexity index is 341. The maximum Gasteiger partial charge on any atom is 0.0178 e. The number of aryl methyl sites for hydroxylation is 1. The molecule has 14 heavy (non-hydrogen) atoms. The molecule has 1 nitrogen and oxygen atoms in total. The first kappa shape index (κ1) is 9.32. The van der Waals surface area contributed by atoms with Crippen LogP contribution in [0.25, 0.3) is 0 Å². The normalized spacial score (nSPS) is 21.3. The van der Waals surface area contributed by atoms with Gasteiger partial charge in [0, 0.05) is 19.5 Å². The standard InChI is InChI=1S/C13H17N/c1-11-4-3-5-13(10-11)12-6-8-14(2)9-7-12/h3-6,8,10,12H,7,9H2,1-2H3. The number of allylic oxidation sites excluding steroid dienone is 1. The minimum absolute atomic E-state index is 0.617. The summed E-state index contributed by atoms with van der Waals surface area (Å²) in [4.78, 5) is 2.24. The van der Waals surface area contributed by atoms with Gasteiger partial charge in [0.25, 0.3) is 0 Å². The lowest BCUT2D eigenvalue weighted by atomic mass is 9.93. The van der Waals surface area contributed by atoms with Gasteiger partial charge in [0.15, 0.2) is 0 Å². The molecule has 0 spiro atoms. The number of rotatable bonds is 1. The predicted molar refractivity (Wildman–Crippen MR) is 60.3 cm³/mol. The molecule has 1 aliphatic rings. The minimum atomic E-state index is 0.617. The number of hydrogen-bond acceptors (Lipinski definition) is 1. The Kier molecular flexibility index (Phi) is 2.58. The fourth-order valence-corrected chi connectivity index (χ4v) is 1.94. The molecule has 0 saturated carbocycles. The van der Waals surface area contributed by atoms with Gasteiger partial charge in [-0.15, -0.1) is 0 Å². The molecule has 1 heteroatoms. The van der Waals surface area contributed by atoms with Crippen molar-refractivity contribution in [3.05, 3.63) is 47.7 Å². The highest BCUT2D eigenvalue weighted by molar-refractivity contribution is 5.29. The van der Waals surface area contributed by atoms with Crippen molar-refractivity contribution in [2.75, 3.05) is 13.6 Å². The molecule has 1 aliphatic heterocycles. The van der Waals surface area contributed by atoms with Crippen LogP contribution in [0, 0.1) is 6.92 Å². The first-order chi connectivity index (χ1) is 6.75. The van der Waals surface area contributed by atoms with E-state index in [0.29, 0.717) is 5.92 Å². The Morgan fingerprint density at radius 2 is 2.21 bits per heavy atom. The van der Waals surface area contributed by atoms with Crippen LogP contribution in [-0.2, 0) is 0 Å². The van der Waals surface area contributed by atoms with E-state index < -0.39 is 0 Å². The third-order valence-electron chi connectivity index (χ3n) is 2.84. The van der Waals surface area contributed by atoms with Gasteiger partial charge in [0.05, 0.1) is 0 Å². The van der Waals surface area contributed by atoms with E-state index in [9.17, 15) is 0 Å². The molecule has 0 radical (unpaired) electrons. The summed E-state index contributed by atoms with van der Waals surface area (Å²) in [6.45, 7) is 3.32. The van der Waals surface area contributed by atoms with Crippen molar-refractivity contribution < 1.29 is 0 Å². The zero-order chi connectivity index (χ0) is 9.97. The summed E-state index contributed by atoms with van der Waals surface area (Å²) in [5.41, 5.74) is 2.81.